The van der Waals surface area contributed by atoms with E-state index in [0.29, 0.717) is 5.56 Å². The molecule has 0 spiro atoms. The van der Waals surface area contributed by atoms with Gasteiger partial charge in [0.2, 0.25) is 0 Å². The summed E-state index contributed by atoms with van der Waals surface area (Å²) in [6.45, 7) is 0. The Balaban J connectivity index is 2.50. The van der Waals surface area contributed by atoms with E-state index in [9.17, 15) is 14.0 Å². The molecule has 21 heavy (non-hydrogen) atoms. The van der Waals surface area contributed by atoms with Gasteiger partial charge in [0, 0.05) is 18.3 Å². The molecule has 1 aromatic rings. The Labute approximate surface area is 121 Å². The van der Waals surface area contributed by atoms with Crippen molar-refractivity contribution in [1.82, 2.24) is 0 Å². The zero-order chi connectivity index (χ0) is 15.4. The average Bonchev–Trinajstić information content (AvgIpc) is 2.52. The molecule has 1 unspecified atom stereocenters. The van der Waals surface area contributed by atoms with Crippen LogP contribution in [0.1, 0.15) is 11.5 Å². The molecule has 5 nitrogen and oxygen atoms in total. The number of halogens is 1. The number of carbonyl (C=O) groups is 2. The van der Waals surface area contributed by atoms with Crippen LogP contribution in [0.3, 0.4) is 0 Å². The number of ether oxygens (including phenoxy) is 2. The van der Waals surface area contributed by atoms with Crippen molar-refractivity contribution in [3.8, 4) is 0 Å². The Bertz CT molecular complexity index is 624. The Morgan fingerprint density at radius 1 is 1.24 bits per heavy atom. The molecule has 0 amide bonds. The van der Waals surface area contributed by atoms with Crippen LogP contribution >= 0.6 is 0 Å². The van der Waals surface area contributed by atoms with Crippen LogP contribution < -0.4 is 0 Å². The number of carbonyl (C=O) groups excluding carboxylic acids is 2. The number of aliphatic imine (C=N–C) groups is 1. The average molecular weight is 291 g/mol. The molecule has 2 atom stereocenters. The highest BCUT2D eigenvalue weighted by molar-refractivity contribution is 5.99. The smallest absolute Gasteiger partial charge is 0.335 e. The second-order valence-electron chi connectivity index (χ2n) is 4.46. The second-order valence-corrected chi connectivity index (χ2v) is 4.46. The van der Waals surface area contributed by atoms with Gasteiger partial charge in [0.05, 0.1) is 19.8 Å². The first-order chi connectivity index (χ1) is 10.1. The number of hydrogen-bond acceptors (Lipinski definition) is 5. The molecule has 1 aliphatic heterocycles. The highest BCUT2D eigenvalue weighted by atomic mass is 19.1. The lowest BCUT2D eigenvalue weighted by Crippen LogP contribution is -2.31. The molecule has 0 bridgehead atoms. The molecule has 0 radical (unpaired) electrons. The van der Waals surface area contributed by atoms with Crippen molar-refractivity contribution in [2.24, 2.45) is 10.9 Å². The van der Waals surface area contributed by atoms with E-state index >= 15 is 0 Å². The summed E-state index contributed by atoms with van der Waals surface area (Å²) in [7, 11) is 2.48. The maximum Gasteiger partial charge on any atom is 0.335 e. The number of rotatable bonds is 3. The van der Waals surface area contributed by atoms with E-state index in [1.165, 1.54) is 44.8 Å². The lowest BCUT2D eigenvalue weighted by Gasteiger charge is -2.26. The van der Waals surface area contributed by atoms with Gasteiger partial charge in [0.1, 0.15) is 11.7 Å². The second kappa shape index (κ2) is 6.30. The van der Waals surface area contributed by atoms with Crippen molar-refractivity contribution < 1.29 is 23.5 Å². The fraction of sp³-hybridized carbons (Fsp3) is 0.267. The number of esters is 2. The summed E-state index contributed by atoms with van der Waals surface area (Å²) in [4.78, 5) is 27.7. The third-order valence-corrected chi connectivity index (χ3v) is 3.26. The summed E-state index contributed by atoms with van der Waals surface area (Å²) >= 11 is 0. The first kappa shape index (κ1) is 14.9. The molecule has 0 saturated carbocycles. The fourth-order valence-corrected chi connectivity index (χ4v) is 2.29. The van der Waals surface area contributed by atoms with Gasteiger partial charge in [-0.3, -0.25) is 9.79 Å². The number of methoxy groups -OCH3 is 2. The standard InChI is InChI=1S/C15H14FNO4/c1-20-14(18)11-7-17-8-12(15(19)21-2)13(11)9-4-3-5-10(16)6-9/h3-8,11,13H,1-2H3/t11?,13-/m0/s1. The van der Waals surface area contributed by atoms with Crippen LogP contribution in [0.25, 0.3) is 0 Å². The fourth-order valence-electron chi connectivity index (χ4n) is 2.29. The van der Waals surface area contributed by atoms with Crippen molar-refractivity contribution >= 4 is 18.2 Å². The van der Waals surface area contributed by atoms with Gasteiger partial charge in [0.15, 0.2) is 0 Å². The van der Waals surface area contributed by atoms with Crippen LogP contribution in [0.4, 0.5) is 4.39 Å². The molecule has 2 rings (SSSR count). The lowest BCUT2D eigenvalue weighted by molar-refractivity contribution is -0.143. The van der Waals surface area contributed by atoms with Gasteiger partial charge >= 0.3 is 11.9 Å². The van der Waals surface area contributed by atoms with Gasteiger partial charge in [-0.05, 0) is 17.7 Å². The maximum absolute atomic E-state index is 13.5. The minimum atomic E-state index is -0.809. The van der Waals surface area contributed by atoms with E-state index in [0.717, 1.165) is 0 Å². The molecule has 1 heterocycles. The molecule has 0 fully saturated rings. The summed E-state index contributed by atoms with van der Waals surface area (Å²) in [6, 6.07) is 5.71. The van der Waals surface area contributed by atoms with Crippen molar-refractivity contribution in [2.45, 2.75) is 5.92 Å². The predicted octanol–water partition coefficient (Wildman–Crippen LogP) is 1.84. The Morgan fingerprint density at radius 2 is 2.00 bits per heavy atom. The van der Waals surface area contributed by atoms with Crippen molar-refractivity contribution in [1.29, 1.82) is 0 Å². The summed E-state index contributed by atoms with van der Waals surface area (Å²) in [6.07, 6.45) is 2.70. The lowest BCUT2D eigenvalue weighted by atomic mass is 9.80. The van der Waals surface area contributed by atoms with E-state index in [1.54, 1.807) is 6.07 Å². The maximum atomic E-state index is 13.5. The van der Waals surface area contributed by atoms with E-state index in [4.69, 9.17) is 9.47 Å². The topological polar surface area (TPSA) is 65.0 Å². The highest BCUT2D eigenvalue weighted by Gasteiger charge is 2.37. The van der Waals surface area contributed by atoms with Crippen LogP contribution in [-0.2, 0) is 19.1 Å². The van der Waals surface area contributed by atoms with E-state index in [1.807, 2.05) is 0 Å². The van der Waals surface area contributed by atoms with Crippen LogP contribution in [0, 0.1) is 11.7 Å². The first-order valence-corrected chi connectivity index (χ1v) is 6.23. The summed E-state index contributed by atoms with van der Waals surface area (Å²) < 4.78 is 22.9. The SMILES string of the molecule is COC(=O)C1=CN=CC(C(=O)OC)[C@@H]1c1cccc(F)c1. The molecular weight excluding hydrogens is 277 g/mol. The summed E-state index contributed by atoms with van der Waals surface area (Å²) in [5.41, 5.74) is 0.661. The molecule has 1 aromatic carbocycles. The first-order valence-electron chi connectivity index (χ1n) is 6.23. The molecule has 0 N–H and O–H groups in total. The summed E-state index contributed by atoms with van der Waals surface area (Å²) in [5.74, 6) is -3.13. The minimum absolute atomic E-state index is 0.181. The van der Waals surface area contributed by atoms with E-state index in [2.05, 4.69) is 4.99 Å². The van der Waals surface area contributed by atoms with Crippen LogP contribution in [0.2, 0.25) is 0 Å². The van der Waals surface area contributed by atoms with Gasteiger partial charge in [-0.25, -0.2) is 9.18 Å². The third-order valence-electron chi connectivity index (χ3n) is 3.26. The summed E-state index contributed by atoms with van der Waals surface area (Å²) in [5, 5.41) is 0. The number of benzene rings is 1. The van der Waals surface area contributed by atoms with Crippen LogP contribution in [-0.4, -0.2) is 32.4 Å². The van der Waals surface area contributed by atoms with Crippen molar-refractivity contribution in [2.75, 3.05) is 14.2 Å². The molecular formula is C15H14FNO4. The zero-order valence-corrected chi connectivity index (χ0v) is 11.6. The molecule has 110 valence electrons. The molecule has 0 saturated heterocycles. The van der Waals surface area contributed by atoms with E-state index in [-0.39, 0.29) is 5.57 Å². The number of hydrogen-bond donors (Lipinski definition) is 0. The molecule has 0 aromatic heterocycles. The van der Waals surface area contributed by atoms with Gasteiger partial charge in [0.25, 0.3) is 0 Å². The zero-order valence-electron chi connectivity index (χ0n) is 11.6. The van der Waals surface area contributed by atoms with Crippen molar-refractivity contribution in [3.05, 3.63) is 47.4 Å². The largest absolute Gasteiger partial charge is 0.468 e. The highest BCUT2D eigenvalue weighted by Crippen LogP contribution is 2.35. The van der Waals surface area contributed by atoms with Crippen LogP contribution in [0.5, 0.6) is 0 Å². The van der Waals surface area contributed by atoms with Gasteiger partial charge in [-0.15, -0.1) is 0 Å². The van der Waals surface area contributed by atoms with E-state index < -0.39 is 29.6 Å². The monoisotopic (exact) mass is 291 g/mol. The Kier molecular flexibility index (Phi) is 4.47. The normalized spacial score (nSPS) is 20.6. The quantitative estimate of drug-likeness (QED) is 0.797. The minimum Gasteiger partial charge on any atom is -0.468 e. The Hall–Kier alpha value is -2.50. The Morgan fingerprint density at radius 3 is 2.62 bits per heavy atom. The van der Waals surface area contributed by atoms with Gasteiger partial charge < -0.3 is 9.47 Å². The molecule has 1 aliphatic rings. The van der Waals surface area contributed by atoms with Crippen molar-refractivity contribution in [3.63, 3.8) is 0 Å². The molecule has 6 heteroatoms. The van der Waals surface area contributed by atoms with Crippen LogP contribution in [0.15, 0.2) is 41.0 Å². The number of nitrogens with zero attached hydrogens (tertiary/aromatic N) is 1. The molecule has 0 aliphatic carbocycles. The van der Waals surface area contributed by atoms with Gasteiger partial charge in [-0.2, -0.15) is 0 Å². The third kappa shape index (κ3) is 2.99. The predicted molar refractivity (Wildman–Crippen MR) is 73.2 cm³/mol. The van der Waals surface area contributed by atoms with Gasteiger partial charge in [-0.1, -0.05) is 12.1 Å².